The third-order valence-corrected chi connectivity index (χ3v) is 6.08. The van der Waals surface area contributed by atoms with Crippen molar-refractivity contribution in [2.75, 3.05) is 18.8 Å². The Morgan fingerprint density at radius 3 is 2.51 bits per heavy atom. The molecule has 3 aromatic heterocycles. The topological polar surface area (TPSA) is 146 Å². The number of likely N-dealkylation sites (tertiary alicyclic amines) is 1. The maximum Gasteiger partial charge on any atom is 0.451 e. The maximum atomic E-state index is 13.9. The van der Waals surface area contributed by atoms with Crippen molar-refractivity contribution < 1.29 is 31.5 Å². The van der Waals surface area contributed by atoms with Gasteiger partial charge < -0.3 is 19.8 Å². The number of nitrogen functional groups attached to an aromatic ring is 1. The number of benzene rings is 1. The summed E-state index contributed by atoms with van der Waals surface area (Å²) in [6, 6.07) is 6.83. The van der Waals surface area contributed by atoms with Gasteiger partial charge in [0.25, 0.3) is 11.8 Å². The van der Waals surface area contributed by atoms with Gasteiger partial charge in [0.05, 0.1) is 17.0 Å². The number of aromatic nitrogens is 6. The van der Waals surface area contributed by atoms with Crippen LogP contribution in [0.1, 0.15) is 36.0 Å². The number of amides is 1. The SMILES string of the molecule is Cc1nc(N)nc(C2CCN(C(=O)Oc3ccccc3F)CC2)c1-c1nnc(-c2ccnc(C(F)(F)F)n2)o1. The van der Waals surface area contributed by atoms with Crippen molar-refractivity contribution in [3.63, 3.8) is 0 Å². The van der Waals surface area contributed by atoms with Crippen LogP contribution in [0.3, 0.4) is 0 Å². The second-order valence-electron chi connectivity index (χ2n) is 8.66. The lowest BCUT2D eigenvalue weighted by Crippen LogP contribution is -2.40. The highest BCUT2D eigenvalue weighted by Gasteiger charge is 2.35. The molecule has 15 heteroatoms. The standard InChI is InChI=1S/C24H20F4N8O3/c1-12-17(20-35-34-19(39-20)15-6-9-30-21(32-15)24(26,27)28)18(33-22(29)31-12)13-7-10-36(11-8-13)23(37)38-16-5-3-2-4-14(16)25/h2-6,9,13H,7-8,10-11H2,1H3,(H2,29,31,33). The average molecular weight is 544 g/mol. The summed E-state index contributed by atoms with van der Waals surface area (Å²) in [5.74, 6) is -2.60. The van der Waals surface area contributed by atoms with E-state index in [1.807, 2.05) is 0 Å². The number of hydrogen-bond donors (Lipinski definition) is 1. The first-order valence-corrected chi connectivity index (χ1v) is 11.7. The van der Waals surface area contributed by atoms with Crippen LogP contribution in [0.4, 0.5) is 28.3 Å². The van der Waals surface area contributed by atoms with Gasteiger partial charge in [-0.05, 0) is 38.0 Å². The Bertz CT molecular complexity index is 1520. The van der Waals surface area contributed by atoms with Crippen LogP contribution in [0, 0.1) is 12.7 Å². The number of piperidine rings is 1. The minimum Gasteiger partial charge on any atom is -0.414 e. The molecule has 0 unspecified atom stereocenters. The molecule has 202 valence electrons. The predicted molar refractivity (Wildman–Crippen MR) is 126 cm³/mol. The molecule has 39 heavy (non-hydrogen) atoms. The molecule has 0 bridgehead atoms. The fourth-order valence-corrected chi connectivity index (χ4v) is 4.24. The number of nitrogens with two attached hydrogens (primary N) is 1. The molecule has 1 aliphatic heterocycles. The summed E-state index contributed by atoms with van der Waals surface area (Å²) in [6.45, 7) is 2.24. The zero-order chi connectivity index (χ0) is 27.7. The Morgan fingerprint density at radius 1 is 1.08 bits per heavy atom. The van der Waals surface area contributed by atoms with Crippen molar-refractivity contribution in [3.8, 4) is 28.8 Å². The van der Waals surface area contributed by atoms with Gasteiger partial charge in [0.15, 0.2) is 11.6 Å². The lowest BCUT2D eigenvalue weighted by molar-refractivity contribution is -0.144. The number of aryl methyl sites for hydroxylation is 1. The van der Waals surface area contributed by atoms with Crippen molar-refractivity contribution in [2.24, 2.45) is 0 Å². The summed E-state index contributed by atoms with van der Waals surface area (Å²) < 4.78 is 63.9. The second-order valence-corrected chi connectivity index (χ2v) is 8.66. The van der Waals surface area contributed by atoms with E-state index in [1.165, 1.54) is 29.2 Å². The molecule has 1 aliphatic rings. The first kappa shape index (κ1) is 25.9. The van der Waals surface area contributed by atoms with E-state index in [0.717, 1.165) is 6.20 Å². The van der Waals surface area contributed by atoms with Gasteiger partial charge in [-0.15, -0.1) is 10.2 Å². The van der Waals surface area contributed by atoms with Gasteiger partial charge in [-0.25, -0.2) is 29.1 Å². The fourth-order valence-electron chi connectivity index (χ4n) is 4.24. The van der Waals surface area contributed by atoms with Crippen molar-refractivity contribution in [3.05, 3.63) is 59.6 Å². The monoisotopic (exact) mass is 544 g/mol. The zero-order valence-electron chi connectivity index (χ0n) is 20.3. The lowest BCUT2D eigenvalue weighted by atomic mass is 9.90. The summed E-state index contributed by atoms with van der Waals surface area (Å²) >= 11 is 0. The van der Waals surface area contributed by atoms with Crippen LogP contribution in [-0.4, -0.2) is 54.2 Å². The molecule has 1 aromatic carbocycles. The van der Waals surface area contributed by atoms with Crippen LogP contribution in [-0.2, 0) is 6.18 Å². The molecule has 1 saturated heterocycles. The van der Waals surface area contributed by atoms with Crippen molar-refractivity contribution in [2.45, 2.75) is 31.9 Å². The van der Waals surface area contributed by atoms with Gasteiger partial charge in [-0.3, -0.25) is 0 Å². The number of nitrogens with zero attached hydrogens (tertiary/aromatic N) is 7. The largest absolute Gasteiger partial charge is 0.451 e. The fraction of sp³-hybridized carbons (Fsp3) is 0.292. The molecule has 5 rings (SSSR count). The molecule has 11 nitrogen and oxygen atoms in total. The van der Waals surface area contributed by atoms with E-state index in [2.05, 4.69) is 30.1 Å². The first-order valence-electron chi connectivity index (χ1n) is 11.7. The average Bonchev–Trinajstić information content (AvgIpc) is 3.39. The molecule has 4 heterocycles. The van der Waals surface area contributed by atoms with E-state index in [4.69, 9.17) is 14.9 Å². The molecule has 1 amide bonds. The number of carbonyl (C=O) groups excluding carboxylic acids is 1. The molecule has 1 fully saturated rings. The van der Waals surface area contributed by atoms with Crippen molar-refractivity contribution in [1.82, 2.24) is 35.0 Å². The molecule has 0 saturated carbocycles. The van der Waals surface area contributed by atoms with Crippen LogP contribution in [0.5, 0.6) is 5.75 Å². The molecule has 4 aromatic rings. The van der Waals surface area contributed by atoms with Crippen molar-refractivity contribution in [1.29, 1.82) is 0 Å². The molecule has 0 aliphatic carbocycles. The van der Waals surface area contributed by atoms with E-state index >= 15 is 0 Å². The second kappa shape index (κ2) is 10.2. The highest BCUT2D eigenvalue weighted by atomic mass is 19.4. The van der Waals surface area contributed by atoms with E-state index in [-0.39, 0.29) is 48.2 Å². The Hall–Kier alpha value is -4.69. The number of carbonyl (C=O) groups is 1. The highest BCUT2D eigenvalue weighted by Crippen LogP contribution is 2.37. The number of para-hydroxylation sites is 1. The van der Waals surface area contributed by atoms with Gasteiger partial charge in [-0.1, -0.05) is 12.1 Å². The quantitative estimate of drug-likeness (QED) is 0.367. The minimum absolute atomic E-state index is 0.0120. The summed E-state index contributed by atoms with van der Waals surface area (Å²) in [5, 5.41) is 7.86. The third kappa shape index (κ3) is 5.46. The summed E-state index contributed by atoms with van der Waals surface area (Å²) in [5.41, 5.74) is 7.02. The highest BCUT2D eigenvalue weighted by molar-refractivity contribution is 5.71. The number of alkyl halides is 3. The maximum absolute atomic E-state index is 13.9. The molecular weight excluding hydrogens is 524 g/mol. The van der Waals surface area contributed by atoms with Crippen molar-refractivity contribution >= 4 is 12.0 Å². The van der Waals surface area contributed by atoms with E-state index < -0.39 is 23.9 Å². The summed E-state index contributed by atoms with van der Waals surface area (Å²) in [6.07, 6.45) is -3.57. The normalized spacial score (nSPS) is 14.4. The predicted octanol–water partition coefficient (Wildman–Crippen LogP) is 4.41. The van der Waals surface area contributed by atoms with Crippen LogP contribution >= 0.6 is 0 Å². The van der Waals surface area contributed by atoms with Gasteiger partial charge in [0, 0.05) is 25.2 Å². The molecule has 0 radical (unpaired) electrons. The van der Waals surface area contributed by atoms with Gasteiger partial charge >= 0.3 is 12.3 Å². The minimum atomic E-state index is -4.75. The zero-order valence-corrected chi connectivity index (χ0v) is 20.3. The van der Waals surface area contributed by atoms with Gasteiger partial charge in [0.1, 0.15) is 5.69 Å². The first-order chi connectivity index (χ1) is 18.6. The number of rotatable bonds is 4. The number of hydrogen-bond acceptors (Lipinski definition) is 10. The van der Waals surface area contributed by atoms with E-state index in [0.29, 0.717) is 29.8 Å². The Morgan fingerprint density at radius 2 is 1.79 bits per heavy atom. The molecule has 0 spiro atoms. The van der Waals surface area contributed by atoms with E-state index in [9.17, 15) is 22.4 Å². The molecule has 2 N–H and O–H groups in total. The number of halogens is 4. The number of anilines is 1. The van der Waals surface area contributed by atoms with Crippen LogP contribution in [0.25, 0.3) is 23.0 Å². The summed E-state index contributed by atoms with van der Waals surface area (Å²) in [4.78, 5) is 29.3. The van der Waals surface area contributed by atoms with Crippen LogP contribution in [0.2, 0.25) is 0 Å². The number of ether oxygens (including phenoxy) is 1. The summed E-state index contributed by atoms with van der Waals surface area (Å²) in [7, 11) is 0. The van der Waals surface area contributed by atoms with E-state index in [1.54, 1.807) is 13.0 Å². The Labute approximate surface area is 218 Å². The Balaban J connectivity index is 1.37. The van der Waals surface area contributed by atoms with Gasteiger partial charge in [-0.2, -0.15) is 13.2 Å². The third-order valence-electron chi connectivity index (χ3n) is 6.08. The molecule has 0 atom stereocenters. The Kier molecular flexibility index (Phi) is 6.80. The lowest BCUT2D eigenvalue weighted by Gasteiger charge is -2.31. The van der Waals surface area contributed by atoms with Crippen LogP contribution in [0.15, 0.2) is 40.9 Å². The molecular formula is C24H20F4N8O3. The van der Waals surface area contributed by atoms with Gasteiger partial charge in [0.2, 0.25) is 11.8 Å². The van der Waals surface area contributed by atoms with Crippen LogP contribution < -0.4 is 10.5 Å². The smallest absolute Gasteiger partial charge is 0.414 e.